The first-order valence-corrected chi connectivity index (χ1v) is 9.40. The van der Waals surface area contributed by atoms with Gasteiger partial charge in [-0.3, -0.25) is 19.3 Å². The molecule has 0 spiro atoms. The van der Waals surface area contributed by atoms with E-state index >= 15 is 0 Å². The smallest absolute Gasteiger partial charge is 0.261 e. The zero-order valence-electron chi connectivity index (χ0n) is 15.7. The highest BCUT2D eigenvalue weighted by molar-refractivity contribution is 9.10. The fourth-order valence-corrected chi connectivity index (χ4v) is 3.35. The number of benzene rings is 1. The minimum atomic E-state index is -0.375. The van der Waals surface area contributed by atoms with Crippen LogP contribution in [0.4, 0.5) is 5.82 Å². The van der Waals surface area contributed by atoms with Gasteiger partial charge in [-0.15, -0.1) is 0 Å². The molecule has 2 heterocycles. The molecule has 1 aromatic carbocycles. The Kier molecular flexibility index (Phi) is 4.94. The number of amides is 3. The zero-order valence-corrected chi connectivity index (χ0v) is 17.3. The van der Waals surface area contributed by atoms with Gasteiger partial charge in [0.25, 0.3) is 11.8 Å². The lowest BCUT2D eigenvalue weighted by Gasteiger charge is -2.22. The molecule has 0 saturated carbocycles. The number of imide groups is 1. The highest BCUT2D eigenvalue weighted by atomic mass is 79.9. The van der Waals surface area contributed by atoms with E-state index in [1.165, 1.54) is 0 Å². The molecular formula is C19H21BrN4O3. The molecule has 1 aliphatic rings. The minimum absolute atomic E-state index is 0.0149. The van der Waals surface area contributed by atoms with Gasteiger partial charge in [0.1, 0.15) is 5.82 Å². The summed E-state index contributed by atoms with van der Waals surface area (Å²) in [5.74, 6) is -0.431. The maximum atomic E-state index is 12.5. The maximum Gasteiger partial charge on any atom is 0.261 e. The third-order valence-corrected chi connectivity index (χ3v) is 4.72. The summed E-state index contributed by atoms with van der Waals surface area (Å²) in [6.07, 6.45) is 0.0149. The maximum absolute atomic E-state index is 12.5. The van der Waals surface area contributed by atoms with Crippen molar-refractivity contribution in [2.24, 2.45) is 0 Å². The number of aromatic nitrogens is 2. The molecule has 142 valence electrons. The van der Waals surface area contributed by atoms with Crippen LogP contribution in [0.25, 0.3) is 0 Å². The van der Waals surface area contributed by atoms with Crippen LogP contribution in [0.15, 0.2) is 28.7 Å². The van der Waals surface area contributed by atoms with Gasteiger partial charge in [-0.1, -0.05) is 15.9 Å². The monoisotopic (exact) mass is 432 g/mol. The van der Waals surface area contributed by atoms with Gasteiger partial charge in [-0.05, 0) is 45.9 Å². The molecule has 1 aliphatic heterocycles. The average molecular weight is 433 g/mol. The number of nitrogens with zero attached hydrogens (tertiary/aromatic N) is 3. The molecule has 7 nitrogen and oxygen atoms in total. The number of carbonyl (C=O) groups excluding carboxylic acids is 3. The number of anilines is 1. The predicted molar refractivity (Wildman–Crippen MR) is 105 cm³/mol. The van der Waals surface area contributed by atoms with Crippen molar-refractivity contribution in [2.45, 2.75) is 39.7 Å². The highest BCUT2D eigenvalue weighted by Crippen LogP contribution is 2.26. The first-order valence-electron chi connectivity index (χ1n) is 8.60. The van der Waals surface area contributed by atoms with Gasteiger partial charge in [0.2, 0.25) is 5.91 Å². The first-order chi connectivity index (χ1) is 12.6. The molecule has 0 radical (unpaired) electrons. The average Bonchev–Trinajstić information content (AvgIpc) is 3.04. The molecule has 3 rings (SSSR count). The molecule has 8 heteroatoms. The van der Waals surface area contributed by atoms with Crippen LogP contribution < -0.4 is 5.32 Å². The summed E-state index contributed by atoms with van der Waals surface area (Å²) in [6.45, 7) is 7.86. The number of fused-ring (bicyclic) bond motifs is 1. The molecule has 3 amide bonds. The van der Waals surface area contributed by atoms with Crippen molar-refractivity contribution in [1.82, 2.24) is 14.7 Å². The molecule has 0 saturated heterocycles. The summed E-state index contributed by atoms with van der Waals surface area (Å²) in [5, 5.41) is 7.24. The van der Waals surface area contributed by atoms with E-state index in [-0.39, 0.29) is 36.2 Å². The number of nitrogens with one attached hydrogen (secondary N) is 1. The Morgan fingerprint density at radius 1 is 1.15 bits per heavy atom. The van der Waals surface area contributed by atoms with Gasteiger partial charge in [-0.2, -0.15) is 5.10 Å². The van der Waals surface area contributed by atoms with E-state index in [1.54, 1.807) is 28.9 Å². The lowest BCUT2D eigenvalue weighted by atomic mass is 10.1. The third-order valence-electron chi connectivity index (χ3n) is 4.23. The second kappa shape index (κ2) is 6.92. The number of rotatable bonds is 4. The lowest BCUT2D eigenvalue weighted by molar-refractivity contribution is -0.116. The Morgan fingerprint density at radius 3 is 2.48 bits per heavy atom. The Bertz CT molecular complexity index is 943. The van der Waals surface area contributed by atoms with Crippen molar-refractivity contribution in [1.29, 1.82) is 0 Å². The number of halogens is 1. The fraction of sp³-hybridized carbons (Fsp3) is 0.368. The van der Waals surface area contributed by atoms with Crippen molar-refractivity contribution < 1.29 is 14.4 Å². The van der Waals surface area contributed by atoms with Gasteiger partial charge < -0.3 is 5.32 Å². The Hall–Kier alpha value is -2.48. The lowest BCUT2D eigenvalue weighted by Crippen LogP contribution is -2.33. The van der Waals surface area contributed by atoms with Crippen LogP contribution in [-0.2, 0) is 10.3 Å². The second-order valence-corrected chi connectivity index (χ2v) is 8.42. The van der Waals surface area contributed by atoms with Crippen molar-refractivity contribution in [3.8, 4) is 0 Å². The van der Waals surface area contributed by atoms with Crippen LogP contribution in [0.3, 0.4) is 0 Å². The summed E-state index contributed by atoms with van der Waals surface area (Å²) >= 11 is 3.30. The van der Waals surface area contributed by atoms with Gasteiger partial charge in [0.05, 0.1) is 22.4 Å². The minimum Gasteiger partial charge on any atom is -0.311 e. The highest BCUT2D eigenvalue weighted by Gasteiger charge is 2.35. The normalized spacial score (nSPS) is 13.9. The molecule has 0 aliphatic carbocycles. The SMILES string of the molecule is Cc1cc(NC(=O)CCN2C(=O)c3ccc(Br)cc3C2=O)n(C(C)(C)C)n1. The van der Waals surface area contributed by atoms with Crippen LogP contribution in [-0.4, -0.2) is 38.9 Å². The van der Waals surface area contributed by atoms with E-state index in [9.17, 15) is 14.4 Å². The molecule has 27 heavy (non-hydrogen) atoms. The largest absolute Gasteiger partial charge is 0.311 e. The van der Waals surface area contributed by atoms with E-state index < -0.39 is 0 Å². The van der Waals surface area contributed by atoms with E-state index in [1.807, 2.05) is 27.7 Å². The van der Waals surface area contributed by atoms with E-state index in [4.69, 9.17) is 0 Å². The number of hydrogen-bond acceptors (Lipinski definition) is 4. The summed E-state index contributed by atoms with van der Waals surface area (Å²) in [4.78, 5) is 38.4. The zero-order chi connectivity index (χ0) is 19.9. The molecule has 0 bridgehead atoms. The fourth-order valence-electron chi connectivity index (χ4n) is 2.98. The van der Waals surface area contributed by atoms with Crippen molar-refractivity contribution in [3.05, 3.63) is 45.6 Å². The van der Waals surface area contributed by atoms with Gasteiger partial charge in [0.15, 0.2) is 0 Å². The van der Waals surface area contributed by atoms with Crippen LogP contribution in [0.1, 0.15) is 53.6 Å². The van der Waals surface area contributed by atoms with Gasteiger partial charge in [0, 0.05) is 23.5 Å². The van der Waals surface area contributed by atoms with E-state index in [0.717, 1.165) is 15.1 Å². The van der Waals surface area contributed by atoms with Gasteiger partial charge in [-0.25, -0.2) is 4.68 Å². The molecule has 1 aromatic heterocycles. The topological polar surface area (TPSA) is 84.3 Å². The van der Waals surface area contributed by atoms with Crippen LogP contribution >= 0.6 is 15.9 Å². The second-order valence-electron chi connectivity index (χ2n) is 7.50. The Labute approximate surface area is 165 Å². The number of carbonyl (C=O) groups is 3. The van der Waals surface area contributed by atoms with E-state index in [2.05, 4.69) is 26.3 Å². The summed E-state index contributed by atoms with van der Waals surface area (Å²) < 4.78 is 2.48. The quantitative estimate of drug-likeness (QED) is 0.750. The Morgan fingerprint density at radius 2 is 1.81 bits per heavy atom. The van der Waals surface area contributed by atoms with Crippen LogP contribution in [0.5, 0.6) is 0 Å². The summed E-state index contributed by atoms with van der Waals surface area (Å²) in [5.41, 5.74) is 1.24. The number of aryl methyl sites for hydroxylation is 1. The molecule has 1 N–H and O–H groups in total. The molecule has 0 fully saturated rings. The molecule has 2 aromatic rings. The van der Waals surface area contributed by atoms with Crippen LogP contribution in [0.2, 0.25) is 0 Å². The molecule has 0 unspecified atom stereocenters. The van der Waals surface area contributed by atoms with Crippen molar-refractivity contribution >= 4 is 39.5 Å². The van der Waals surface area contributed by atoms with E-state index in [0.29, 0.717) is 16.9 Å². The Balaban J connectivity index is 1.67. The van der Waals surface area contributed by atoms with Crippen LogP contribution in [0, 0.1) is 6.92 Å². The number of hydrogen-bond donors (Lipinski definition) is 1. The molecular weight excluding hydrogens is 412 g/mol. The third kappa shape index (κ3) is 3.80. The predicted octanol–water partition coefficient (Wildman–Crippen LogP) is 3.33. The first kappa shape index (κ1) is 19.3. The van der Waals surface area contributed by atoms with Crippen molar-refractivity contribution in [3.63, 3.8) is 0 Å². The van der Waals surface area contributed by atoms with Crippen molar-refractivity contribution in [2.75, 3.05) is 11.9 Å². The summed E-state index contributed by atoms with van der Waals surface area (Å²) in [6, 6.07) is 6.75. The standard InChI is InChI=1S/C19H21BrN4O3/c1-11-9-15(24(22-11)19(2,3)4)21-16(25)7-8-23-17(26)13-6-5-12(20)10-14(13)18(23)27/h5-6,9-10H,7-8H2,1-4H3,(H,21,25). The summed E-state index contributed by atoms with van der Waals surface area (Å²) in [7, 11) is 0. The molecule has 0 atom stereocenters. The van der Waals surface area contributed by atoms with Gasteiger partial charge >= 0.3 is 0 Å².